The van der Waals surface area contributed by atoms with E-state index in [9.17, 15) is 0 Å². The minimum atomic E-state index is -0.0766. The fourth-order valence-electron chi connectivity index (χ4n) is 1.73. The molecule has 5 heteroatoms. The Hall–Kier alpha value is -1.36. The van der Waals surface area contributed by atoms with Crippen LogP contribution in [0, 0.1) is 6.92 Å². The maximum absolute atomic E-state index is 4.73. The van der Waals surface area contributed by atoms with E-state index in [2.05, 4.69) is 69.2 Å². The van der Waals surface area contributed by atoms with Gasteiger partial charge in [0.15, 0.2) is 0 Å². The van der Waals surface area contributed by atoms with Crippen LogP contribution in [0.15, 0.2) is 0 Å². The zero-order chi connectivity index (χ0) is 16.4. The van der Waals surface area contributed by atoms with Crippen LogP contribution in [0.2, 0.25) is 0 Å². The predicted molar refractivity (Wildman–Crippen MR) is 91.3 cm³/mol. The number of likely N-dealkylation sites (N-methyl/N-ethyl adjacent to an activating group) is 1. The van der Waals surface area contributed by atoms with Crippen molar-refractivity contribution in [2.24, 2.45) is 0 Å². The van der Waals surface area contributed by atoms with Gasteiger partial charge in [-0.3, -0.25) is 0 Å². The Bertz CT molecular complexity index is 486. The molecule has 5 nitrogen and oxygen atoms in total. The minimum absolute atomic E-state index is 0.0547. The number of hydrogen-bond acceptors (Lipinski definition) is 5. The van der Waals surface area contributed by atoms with E-state index in [0.29, 0.717) is 0 Å². The van der Waals surface area contributed by atoms with Gasteiger partial charge in [-0.1, -0.05) is 20.8 Å². The third-order valence-electron chi connectivity index (χ3n) is 3.95. The molecule has 1 rings (SSSR count). The standard InChI is InChI=1S/C16H31N5/c1-11-12(17-7)19-14(15(2,3)4)20-13(11)18-10-16(5,6)21(8)9/h10H2,1-9H3,(H2,17,18,19,20). The molecule has 120 valence electrons. The van der Waals surface area contributed by atoms with Crippen molar-refractivity contribution in [3.8, 4) is 0 Å². The lowest BCUT2D eigenvalue weighted by Gasteiger charge is -2.33. The smallest absolute Gasteiger partial charge is 0.138 e. The lowest BCUT2D eigenvalue weighted by atomic mass is 9.95. The summed E-state index contributed by atoms with van der Waals surface area (Å²) in [5, 5.41) is 6.66. The fraction of sp³-hybridized carbons (Fsp3) is 0.750. The third-order valence-corrected chi connectivity index (χ3v) is 3.95. The topological polar surface area (TPSA) is 53.1 Å². The number of nitrogens with one attached hydrogen (secondary N) is 2. The molecule has 0 spiro atoms. The Morgan fingerprint density at radius 1 is 1.00 bits per heavy atom. The maximum Gasteiger partial charge on any atom is 0.138 e. The molecule has 0 saturated carbocycles. The van der Waals surface area contributed by atoms with Crippen molar-refractivity contribution in [1.82, 2.24) is 14.9 Å². The van der Waals surface area contributed by atoms with Crippen LogP contribution in [0.5, 0.6) is 0 Å². The number of aromatic nitrogens is 2. The first kappa shape index (κ1) is 17.7. The van der Waals surface area contributed by atoms with Crippen LogP contribution in [0.3, 0.4) is 0 Å². The molecular weight excluding hydrogens is 262 g/mol. The van der Waals surface area contributed by atoms with E-state index in [4.69, 9.17) is 4.98 Å². The van der Waals surface area contributed by atoms with E-state index in [1.165, 1.54) is 0 Å². The molecule has 1 aromatic heterocycles. The van der Waals surface area contributed by atoms with Crippen molar-refractivity contribution >= 4 is 11.6 Å². The highest BCUT2D eigenvalue weighted by atomic mass is 15.2. The average Bonchev–Trinajstić information content (AvgIpc) is 2.36. The first-order valence-corrected chi connectivity index (χ1v) is 7.47. The zero-order valence-corrected chi connectivity index (χ0v) is 15.0. The molecule has 0 bridgehead atoms. The second-order valence-electron chi connectivity index (χ2n) is 7.43. The quantitative estimate of drug-likeness (QED) is 0.874. The minimum Gasteiger partial charge on any atom is -0.373 e. The number of nitrogens with zero attached hydrogens (tertiary/aromatic N) is 3. The van der Waals surface area contributed by atoms with Gasteiger partial charge in [-0.25, -0.2) is 9.97 Å². The molecule has 0 saturated heterocycles. The van der Waals surface area contributed by atoms with Gasteiger partial charge >= 0.3 is 0 Å². The molecule has 0 atom stereocenters. The van der Waals surface area contributed by atoms with Crippen LogP contribution in [-0.4, -0.2) is 48.1 Å². The normalized spacial score (nSPS) is 12.7. The Kier molecular flexibility index (Phi) is 5.20. The maximum atomic E-state index is 4.73. The highest BCUT2D eigenvalue weighted by Crippen LogP contribution is 2.26. The second-order valence-corrected chi connectivity index (χ2v) is 7.43. The Balaban J connectivity index is 3.12. The monoisotopic (exact) mass is 293 g/mol. The summed E-state index contributed by atoms with van der Waals surface area (Å²) in [6, 6.07) is 0. The molecule has 21 heavy (non-hydrogen) atoms. The van der Waals surface area contributed by atoms with Crippen molar-refractivity contribution in [3.05, 3.63) is 11.4 Å². The summed E-state index contributed by atoms with van der Waals surface area (Å²) in [5.74, 6) is 2.65. The van der Waals surface area contributed by atoms with Gasteiger partial charge in [-0.2, -0.15) is 0 Å². The number of rotatable bonds is 5. The molecular formula is C16H31N5. The Labute approximate surface area is 129 Å². The average molecular weight is 293 g/mol. The molecule has 0 aliphatic heterocycles. The van der Waals surface area contributed by atoms with Crippen LogP contribution < -0.4 is 10.6 Å². The van der Waals surface area contributed by atoms with Crippen molar-refractivity contribution in [3.63, 3.8) is 0 Å². The van der Waals surface area contributed by atoms with Crippen molar-refractivity contribution in [2.45, 2.75) is 52.5 Å². The van der Waals surface area contributed by atoms with Crippen LogP contribution in [-0.2, 0) is 5.41 Å². The van der Waals surface area contributed by atoms with Crippen LogP contribution in [0.4, 0.5) is 11.6 Å². The molecule has 1 heterocycles. The van der Waals surface area contributed by atoms with E-state index >= 15 is 0 Å². The molecule has 0 unspecified atom stereocenters. The molecule has 0 aromatic carbocycles. The van der Waals surface area contributed by atoms with Gasteiger partial charge in [0.2, 0.25) is 0 Å². The van der Waals surface area contributed by atoms with Gasteiger partial charge in [-0.15, -0.1) is 0 Å². The van der Waals surface area contributed by atoms with E-state index in [0.717, 1.165) is 29.6 Å². The van der Waals surface area contributed by atoms with Gasteiger partial charge in [0.05, 0.1) is 0 Å². The largest absolute Gasteiger partial charge is 0.373 e. The summed E-state index contributed by atoms with van der Waals surface area (Å²) in [7, 11) is 6.08. The van der Waals surface area contributed by atoms with Crippen molar-refractivity contribution < 1.29 is 0 Å². The van der Waals surface area contributed by atoms with Crippen LogP contribution >= 0.6 is 0 Å². The first-order valence-electron chi connectivity index (χ1n) is 7.47. The van der Waals surface area contributed by atoms with Crippen molar-refractivity contribution in [1.29, 1.82) is 0 Å². The van der Waals surface area contributed by atoms with E-state index in [1.54, 1.807) is 0 Å². The summed E-state index contributed by atoms with van der Waals surface area (Å²) < 4.78 is 0. The van der Waals surface area contributed by atoms with Crippen molar-refractivity contribution in [2.75, 3.05) is 38.3 Å². The summed E-state index contributed by atoms with van der Waals surface area (Å²) in [5.41, 5.74) is 1.03. The molecule has 0 radical (unpaired) electrons. The molecule has 0 fully saturated rings. The lowest BCUT2D eigenvalue weighted by molar-refractivity contribution is 0.210. The summed E-state index contributed by atoms with van der Waals surface area (Å²) >= 11 is 0. The highest BCUT2D eigenvalue weighted by Gasteiger charge is 2.23. The van der Waals surface area contributed by atoms with Gasteiger partial charge in [-0.05, 0) is 34.9 Å². The number of anilines is 2. The van der Waals surface area contributed by atoms with Crippen LogP contribution in [0.25, 0.3) is 0 Å². The van der Waals surface area contributed by atoms with Crippen LogP contribution in [0.1, 0.15) is 46.0 Å². The van der Waals surface area contributed by atoms with E-state index in [1.807, 2.05) is 14.0 Å². The Morgan fingerprint density at radius 2 is 1.52 bits per heavy atom. The molecule has 1 aromatic rings. The SMILES string of the molecule is CNc1nc(C(C)(C)C)nc(NCC(C)(C)N(C)C)c1C. The second kappa shape index (κ2) is 6.18. The van der Waals surface area contributed by atoms with Gasteiger partial charge < -0.3 is 15.5 Å². The van der Waals surface area contributed by atoms with E-state index in [-0.39, 0.29) is 11.0 Å². The molecule has 2 N–H and O–H groups in total. The fourth-order valence-corrected chi connectivity index (χ4v) is 1.73. The molecule has 0 amide bonds. The van der Waals surface area contributed by atoms with E-state index < -0.39 is 0 Å². The molecule has 0 aliphatic rings. The summed E-state index contributed by atoms with van der Waals surface area (Å²) in [6.07, 6.45) is 0. The van der Waals surface area contributed by atoms with Gasteiger partial charge in [0, 0.05) is 30.1 Å². The molecule has 0 aliphatic carbocycles. The number of hydrogen-bond donors (Lipinski definition) is 2. The van der Waals surface area contributed by atoms with Gasteiger partial charge in [0.1, 0.15) is 17.5 Å². The Morgan fingerprint density at radius 3 is 1.95 bits per heavy atom. The summed E-state index contributed by atoms with van der Waals surface area (Å²) in [4.78, 5) is 11.6. The highest BCUT2D eigenvalue weighted by molar-refractivity contribution is 5.57. The van der Waals surface area contributed by atoms with Gasteiger partial charge in [0.25, 0.3) is 0 Å². The zero-order valence-electron chi connectivity index (χ0n) is 15.0. The first-order chi connectivity index (χ1) is 9.49. The third kappa shape index (κ3) is 4.30. The predicted octanol–water partition coefficient (Wildman–Crippen LogP) is 2.88. The summed E-state index contributed by atoms with van der Waals surface area (Å²) in [6.45, 7) is 13.7. The lowest BCUT2D eigenvalue weighted by Crippen LogP contribution is -2.44.